The average molecular weight is 124 g/mol. The molecule has 52 valence electrons. The molecule has 0 fully saturated rings. The van der Waals surface area contributed by atoms with Crippen molar-refractivity contribution in [3.8, 4) is 0 Å². The molecule has 0 N–H and O–H groups in total. The summed E-state index contributed by atoms with van der Waals surface area (Å²) in [7, 11) is 0. The molecule has 0 spiro atoms. The second-order valence-electron chi connectivity index (χ2n) is 2.58. The molecule has 0 atom stereocenters. The van der Waals surface area contributed by atoms with Gasteiger partial charge in [0.1, 0.15) is 0 Å². The molecule has 0 aromatic carbocycles. The molecule has 0 heterocycles. The van der Waals surface area contributed by atoms with Crippen LogP contribution in [0, 0.1) is 0 Å². The first-order valence-electron chi connectivity index (χ1n) is 3.48. The third kappa shape index (κ3) is 5.35. The summed E-state index contributed by atoms with van der Waals surface area (Å²) in [4.78, 5) is 0. The highest BCUT2D eigenvalue weighted by molar-refractivity contribution is 5.18. The number of allylic oxidation sites excluding steroid dienone is 4. The molecule has 0 nitrogen and oxygen atoms in total. The van der Waals surface area contributed by atoms with E-state index in [0.29, 0.717) is 0 Å². The van der Waals surface area contributed by atoms with Crippen LogP contribution in [0.4, 0.5) is 0 Å². The molecule has 0 bridgehead atoms. The molecule has 0 unspecified atom stereocenters. The normalized spacial score (nSPS) is 11.3. The highest BCUT2D eigenvalue weighted by atomic mass is 13.9. The van der Waals surface area contributed by atoms with E-state index >= 15 is 0 Å². The van der Waals surface area contributed by atoms with Crippen molar-refractivity contribution >= 4 is 0 Å². The maximum atomic E-state index is 2.23. The Morgan fingerprint density at radius 3 is 2.11 bits per heavy atom. The van der Waals surface area contributed by atoms with Gasteiger partial charge in [-0.2, -0.15) is 0 Å². The minimum absolute atomic E-state index is 1.13. The van der Waals surface area contributed by atoms with E-state index in [1.54, 1.807) is 0 Å². The standard InChI is InChI=1S/C9H16/c1-5-6-9(4)7-8(2)3/h6-7H,5H2,1-4H3/b9-6-. The fraction of sp³-hybridized carbons (Fsp3) is 0.556. The summed E-state index contributed by atoms with van der Waals surface area (Å²) in [5.74, 6) is 0. The van der Waals surface area contributed by atoms with Gasteiger partial charge in [0, 0.05) is 0 Å². The Morgan fingerprint density at radius 2 is 1.78 bits per heavy atom. The Bertz CT molecular complexity index is 123. The Hall–Kier alpha value is -0.520. The van der Waals surface area contributed by atoms with E-state index in [2.05, 4.69) is 39.8 Å². The predicted octanol–water partition coefficient (Wildman–Crippen LogP) is 3.31. The molecule has 0 aromatic rings. The first-order chi connectivity index (χ1) is 4.16. The van der Waals surface area contributed by atoms with Gasteiger partial charge in [-0.15, -0.1) is 0 Å². The van der Waals surface area contributed by atoms with Gasteiger partial charge in [0.2, 0.25) is 0 Å². The maximum absolute atomic E-state index is 2.23. The Kier molecular flexibility index (Phi) is 4.12. The van der Waals surface area contributed by atoms with Crippen molar-refractivity contribution in [1.29, 1.82) is 0 Å². The second-order valence-corrected chi connectivity index (χ2v) is 2.58. The van der Waals surface area contributed by atoms with Crippen LogP contribution in [-0.2, 0) is 0 Å². The molecule has 0 aliphatic heterocycles. The van der Waals surface area contributed by atoms with Gasteiger partial charge in [-0.05, 0) is 27.2 Å². The van der Waals surface area contributed by atoms with Crippen LogP contribution in [0.15, 0.2) is 23.3 Å². The lowest BCUT2D eigenvalue weighted by atomic mass is 10.2. The van der Waals surface area contributed by atoms with Crippen LogP contribution in [0.3, 0.4) is 0 Å². The van der Waals surface area contributed by atoms with Gasteiger partial charge in [-0.1, -0.05) is 30.2 Å². The third-order valence-corrected chi connectivity index (χ3v) is 1.04. The van der Waals surface area contributed by atoms with Crippen LogP contribution in [0.5, 0.6) is 0 Å². The van der Waals surface area contributed by atoms with Crippen LogP contribution in [0.1, 0.15) is 34.1 Å². The van der Waals surface area contributed by atoms with Gasteiger partial charge in [0.15, 0.2) is 0 Å². The van der Waals surface area contributed by atoms with Crippen molar-refractivity contribution in [3.63, 3.8) is 0 Å². The summed E-state index contributed by atoms with van der Waals surface area (Å²) in [5, 5.41) is 0. The molecule has 0 aliphatic rings. The zero-order valence-corrected chi connectivity index (χ0v) is 6.86. The highest BCUT2D eigenvalue weighted by Gasteiger charge is 1.79. The number of rotatable bonds is 2. The monoisotopic (exact) mass is 124 g/mol. The molecule has 0 saturated carbocycles. The van der Waals surface area contributed by atoms with Crippen molar-refractivity contribution in [2.24, 2.45) is 0 Å². The van der Waals surface area contributed by atoms with E-state index in [9.17, 15) is 0 Å². The fourth-order valence-corrected chi connectivity index (χ4v) is 0.836. The van der Waals surface area contributed by atoms with Gasteiger partial charge in [-0.3, -0.25) is 0 Å². The highest BCUT2D eigenvalue weighted by Crippen LogP contribution is 2.00. The van der Waals surface area contributed by atoms with E-state index < -0.39 is 0 Å². The van der Waals surface area contributed by atoms with Crippen molar-refractivity contribution in [3.05, 3.63) is 23.3 Å². The second kappa shape index (κ2) is 4.37. The van der Waals surface area contributed by atoms with E-state index in [1.807, 2.05) is 0 Å². The zero-order chi connectivity index (χ0) is 7.28. The lowest BCUT2D eigenvalue weighted by molar-refractivity contribution is 1.19. The molecule has 9 heavy (non-hydrogen) atoms. The number of hydrogen-bond acceptors (Lipinski definition) is 0. The minimum atomic E-state index is 1.13. The zero-order valence-electron chi connectivity index (χ0n) is 6.86. The lowest BCUT2D eigenvalue weighted by Crippen LogP contribution is -1.69. The Morgan fingerprint density at radius 1 is 1.22 bits per heavy atom. The first-order valence-corrected chi connectivity index (χ1v) is 3.48. The van der Waals surface area contributed by atoms with E-state index in [0.717, 1.165) is 6.42 Å². The van der Waals surface area contributed by atoms with E-state index in [1.165, 1.54) is 11.1 Å². The summed E-state index contributed by atoms with van der Waals surface area (Å²) in [6, 6.07) is 0. The van der Waals surface area contributed by atoms with Crippen LogP contribution in [0.2, 0.25) is 0 Å². The van der Waals surface area contributed by atoms with Gasteiger partial charge < -0.3 is 0 Å². The average Bonchev–Trinajstić information content (AvgIpc) is 1.63. The quantitative estimate of drug-likeness (QED) is 0.495. The molecule has 0 heteroatoms. The maximum Gasteiger partial charge on any atom is -0.0374 e. The molecule has 0 rings (SSSR count). The summed E-state index contributed by atoms with van der Waals surface area (Å²) in [6.07, 6.45) is 5.56. The van der Waals surface area contributed by atoms with Crippen LogP contribution >= 0.6 is 0 Å². The molecule has 0 aliphatic carbocycles. The molecule has 0 amide bonds. The van der Waals surface area contributed by atoms with Crippen LogP contribution in [0.25, 0.3) is 0 Å². The summed E-state index contributed by atoms with van der Waals surface area (Å²) in [5.41, 5.74) is 2.75. The van der Waals surface area contributed by atoms with Crippen molar-refractivity contribution in [1.82, 2.24) is 0 Å². The van der Waals surface area contributed by atoms with Crippen molar-refractivity contribution in [2.45, 2.75) is 34.1 Å². The smallest absolute Gasteiger partial charge is 0.0374 e. The molecule has 0 aromatic heterocycles. The molecular weight excluding hydrogens is 108 g/mol. The van der Waals surface area contributed by atoms with Crippen molar-refractivity contribution < 1.29 is 0 Å². The van der Waals surface area contributed by atoms with Gasteiger partial charge in [0.05, 0.1) is 0 Å². The van der Waals surface area contributed by atoms with Crippen molar-refractivity contribution in [2.75, 3.05) is 0 Å². The minimum Gasteiger partial charge on any atom is -0.0819 e. The topological polar surface area (TPSA) is 0 Å². The molecule has 0 radical (unpaired) electrons. The Labute approximate surface area is 58.3 Å². The fourth-order valence-electron chi connectivity index (χ4n) is 0.836. The lowest BCUT2D eigenvalue weighted by Gasteiger charge is -1.90. The van der Waals surface area contributed by atoms with Crippen LogP contribution < -0.4 is 0 Å². The van der Waals surface area contributed by atoms with Gasteiger partial charge >= 0.3 is 0 Å². The van der Waals surface area contributed by atoms with E-state index in [-0.39, 0.29) is 0 Å². The van der Waals surface area contributed by atoms with Gasteiger partial charge in [-0.25, -0.2) is 0 Å². The summed E-state index contributed by atoms with van der Waals surface area (Å²) >= 11 is 0. The first kappa shape index (κ1) is 8.48. The summed E-state index contributed by atoms with van der Waals surface area (Å²) in [6.45, 7) is 8.53. The SMILES string of the molecule is CC/C=C(/C)C=C(C)C. The Balaban J connectivity index is 3.90. The summed E-state index contributed by atoms with van der Waals surface area (Å²) < 4.78 is 0. The number of hydrogen-bond donors (Lipinski definition) is 0. The largest absolute Gasteiger partial charge is 0.0819 e. The third-order valence-electron chi connectivity index (χ3n) is 1.04. The predicted molar refractivity (Wildman–Crippen MR) is 43.5 cm³/mol. The molecule has 0 saturated heterocycles. The van der Waals surface area contributed by atoms with E-state index in [4.69, 9.17) is 0 Å². The molecular formula is C9H16. The van der Waals surface area contributed by atoms with Gasteiger partial charge in [0.25, 0.3) is 0 Å². The van der Waals surface area contributed by atoms with Crippen LogP contribution in [-0.4, -0.2) is 0 Å².